The van der Waals surface area contributed by atoms with Crippen LogP contribution < -0.4 is 10.3 Å². The molecule has 0 aliphatic heterocycles. The molecule has 174 valence electrons. The third kappa shape index (κ3) is 5.48. The number of furan rings is 1. The van der Waals surface area contributed by atoms with Crippen LogP contribution in [0.1, 0.15) is 17.1 Å². The van der Waals surface area contributed by atoms with E-state index in [1.54, 1.807) is 61.7 Å². The molecule has 0 saturated heterocycles. The van der Waals surface area contributed by atoms with Gasteiger partial charge in [0, 0.05) is 13.1 Å². The Bertz CT molecular complexity index is 1490. The predicted molar refractivity (Wildman–Crippen MR) is 127 cm³/mol. The van der Waals surface area contributed by atoms with Crippen LogP contribution in [0.2, 0.25) is 0 Å². The van der Waals surface area contributed by atoms with Gasteiger partial charge >= 0.3 is 0 Å². The van der Waals surface area contributed by atoms with E-state index in [4.69, 9.17) is 4.42 Å². The lowest BCUT2D eigenvalue weighted by atomic mass is 10.2. The molecule has 2 aromatic heterocycles. The molecule has 0 radical (unpaired) electrons. The van der Waals surface area contributed by atoms with Gasteiger partial charge < -0.3 is 14.3 Å². The van der Waals surface area contributed by atoms with Crippen molar-refractivity contribution >= 4 is 32.9 Å². The number of carbonyl (C=O) groups is 1. The number of nitrogens with one attached hydrogen (secondary N) is 2. The van der Waals surface area contributed by atoms with E-state index in [2.05, 4.69) is 14.7 Å². The summed E-state index contributed by atoms with van der Waals surface area (Å²) in [4.78, 5) is 33.3. The Labute approximate surface area is 195 Å². The maximum absolute atomic E-state index is 12.5. The van der Waals surface area contributed by atoms with Crippen LogP contribution >= 0.6 is 0 Å². The number of aromatic amines is 1. The third-order valence-electron chi connectivity index (χ3n) is 5.05. The van der Waals surface area contributed by atoms with Crippen molar-refractivity contribution in [1.82, 2.24) is 19.6 Å². The number of nitrogens with zero attached hydrogens (tertiary/aromatic N) is 2. The summed E-state index contributed by atoms with van der Waals surface area (Å²) >= 11 is 0. The highest BCUT2D eigenvalue weighted by molar-refractivity contribution is 7.89. The molecule has 4 rings (SSSR count). The molecule has 0 saturated carbocycles. The minimum atomic E-state index is -3.70. The van der Waals surface area contributed by atoms with Crippen LogP contribution in [0.15, 0.2) is 87.1 Å². The standard InChI is InChI=1S/C24H22N4O5S/c1-28(16-22-26-21-7-3-2-6-20(21)24(30)27-22)23(29)13-10-17-8-11-19(12-9-17)34(31,32)25-15-18-5-4-14-33-18/h2-14,25H,15-16H2,1H3,(H,26,27,30)/b13-10+. The van der Waals surface area contributed by atoms with Crippen LogP contribution in [-0.2, 0) is 27.9 Å². The second-order valence-corrected chi connectivity index (χ2v) is 9.30. The largest absolute Gasteiger partial charge is 0.468 e. The molecule has 2 heterocycles. The van der Waals surface area contributed by atoms with Gasteiger partial charge in [-0.15, -0.1) is 0 Å². The predicted octanol–water partition coefficient (Wildman–Crippen LogP) is 2.67. The molecule has 1 amide bonds. The van der Waals surface area contributed by atoms with Crippen LogP contribution in [0.4, 0.5) is 0 Å². The molecule has 0 aliphatic rings. The number of rotatable bonds is 8. The smallest absolute Gasteiger partial charge is 0.258 e. The van der Waals surface area contributed by atoms with Crippen LogP contribution in [0.5, 0.6) is 0 Å². The van der Waals surface area contributed by atoms with Crippen molar-refractivity contribution in [2.24, 2.45) is 0 Å². The van der Waals surface area contributed by atoms with E-state index in [9.17, 15) is 18.0 Å². The normalized spacial score (nSPS) is 11.8. The molecular formula is C24H22N4O5S. The molecular weight excluding hydrogens is 456 g/mol. The van der Waals surface area contributed by atoms with Crippen LogP contribution in [0, 0.1) is 0 Å². The Morgan fingerprint density at radius 2 is 1.88 bits per heavy atom. The number of amides is 1. The minimum absolute atomic E-state index is 0.0507. The van der Waals surface area contributed by atoms with Crippen molar-refractivity contribution in [2.75, 3.05) is 7.05 Å². The number of para-hydroxylation sites is 1. The van der Waals surface area contributed by atoms with E-state index in [-0.39, 0.29) is 29.5 Å². The molecule has 0 spiro atoms. The fourth-order valence-electron chi connectivity index (χ4n) is 3.23. The maximum Gasteiger partial charge on any atom is 0.258 e. The third-order valence-corrected chi connectivity index (χ3v) is 6.47. The minimum Gasteiger partial charge on any atom is -0.468 e. The van der Waals surface area contributed by atoms with Gasteiger partial charge in [0.2, 0.25) is 15.9 Å². The summed E-state index contributed by atoms with van der Waals surface area (Å²) in [6, 6.07) is 16.5. The van der Waals surface area contributed by atoms with Gasteiger partial charge in [0.15, 0.2) is 0 Å². The number of carbonyl (C=O) groups excluding carboxylic acids is 1. The fourth-order valence-corrected chi connectivity index (χ4v) is 4.22. The number of sulfonamides is 1. The summed E-state index contributed by atoms with van der Waals surface area (Å²) in [7, 11) is -2.10. The van der Waals surface area contributed by atoms with E-state index in [0.717, 1.165) is 0 Å². The molecule has 9 nitrogen and oxygen atoms in total. The van der Waals surface area contributed by atoms with Gasteiger partial charge in [-0.1, -0.05) is 24.3 Å². The molecule has 0 fully saturated rings. The molecule has 0 atom stereocenters. The summed E-state index contributed by atoms with van der Waals surface area (Å²) < 4.78 is 32.4. The second kappa shape index (κ2) is 9.86. The van der Waals surface area contributed by atoms with Gasteiger partial charge in [-0.05, 0) is 48.0 Å². The van der Waals surface area contributed by atoms with Crippen molar-refractivity contribution in [1.29, 1.82) is 0 Å². The van der Waals surface area contributed by atoms with Crippen molar-refractivity contribution in [3.05, 3.63) is 101 Å². The molecule has 2 aromatic carbocycles. The summed E-state index contributed by atoms with van der Waals surface area (Å²) in [5.41, 5.74) is 0.959. The van der Waals surface area contributed by atoms with E-state index in [0.29, 0.717) is 28.1 Å². The SMILES string of the molecule is CN(Cc1nc2ccccc2c(=O)[nH]1)C(=O)/C=C/c1ccc(S(=O)(=O)NCc2ccco2)cc1. The zero-order chi connectivity index (χ0) is 24.1. The summed E-state index contributed by atoms with van der Waals surface area (Å²) in [6.07, 6.45) is 4.43. The van der Waals surface area contributed by atoms with Gasteiger partial charge in [-0.25, -0.2) is 18.1 Å². The average molecular weight is 479 g/mol. The maximum atomic E-state index is 12.5. The molecule has 2 N–H and O–H groups in total. The highest BCUT2D eigenvalue weighted by Gasteiger charge is 2.14. The monoisotopic (exact) mass is 478 g/mol. The number of benzene rings is 2. The number of H-pyrrole nitrogens is 1. The Morgan fingerprint density at radius 3 is 2.62 bits per heavy atom. The van der Waals surface area contributed by atoms with Crippen LogP contribution in [0.25, 0.3) is 17.0 Å². The fraction of sp³-hybridized carbons (Fsp3) is 0.125. The first-order valence-corrected chi connectivity index (χ1v) is 11.8. The molecule has 34 heavy (non-hydrogen) atoms. The number of fused-ring (bicyclic) bond motifs is 1. The van der Waals surface area contributed by atoms with Gasteiger partial charge in [-0.3, -0.25) is 9.59 Å². The lowest BCUT2D eigenvalue weighted by molar-refractivity contribution is -0.125. The number of hydrogen-bond donors (Lipinski definition) is 2. The van der Waals surface area contributed by atoms with Crippen LogP contribution in [0.3, 0.4) is 0 Å². The Balaban J connectivity index is 1.38. The quantitative estimate of drug-likeness (QED) is 0.375. The lowest BCUT2D eigenvalue weighted by Crippen LogP contribution is -2.26. The highest BCUT2D eigenvalue weighted by atomic mass is 32.2. The molecule has 4 aromatic rings. The number of hydrogen-bond acceptors (Lipinski definition) is 6. The van der Waals surface area contributed by atoms with E-state index < -0.39 is 10.0 Å². The van der Waals surface area contributed by atoms with Crippen molar-refractivity contribution in [3.63, 3.8) is 0 Å². The zero-order valence-electron chi connectivity index (χ0n) is 18.3. The van der Waals surface area contributed by atoms with Gasteiger partial charge in [0.05, 0.1) is 35.2 Å². The van der Waals surface area contributed by atoms with Crippen LogP contribution in [-0.4, -0.2) is 36.2 Å². The van der Waals surface area contributed by atoms with Gasteiger partial charge in [0.25, 0.3) is 5.56 Å². The molecule has 0 unspecified atom stereocenters. The first-order chi connectivity index (χ1) is 16.3. The summed E-state index contributed by atoms with van der Waals surface area (Å²) in [6.45, 7) is 0.178. The summed E-state index contributed by atoms with van der Waals surface area (Å²) in [5, 5.41) is 0.488. The van der Waals surface area contributed by atoms with Crippen molar-refractivity contribution < 1.29 is 17.6 Å². The highest BCUT2D eigenvalue weighted by Crippen LogP contribution is 2.13. The van der Waals surface area contributed by atoms with Crippen molar-refractivity contribution in [3.8, 4) is 0 Å². The zero-order valence-corrected chi connectivity index (χ0v) is 19.1. The van der Waals surface area contributed by atoms with Crippen molar-refractivity contribution in [2.45, 2.75) is 18.0 Å². The topological polar surface area (TPSA) is 125 Å². The average Bonchev–Trinajstić information content (AvgIpc) is 3.35. The summed E-state index contributed by atoms with van der Waals surface area (Å²) in [5.74, 6) is 0.589. The first kappa shape index (κ1) is 23.1. The molecule has 10 heteroatoms. The Kier molecular flexibility index (Phi) is 6.71. The number of likely N-dealkylation sites (N-methyl/N-ethyl adjacent to an activating group) is 1. The van der Waals surface area contributed by atoms with E-state index in [1.165, 1.54) is 29.4 Å². The Morgan fingerprint density at radius 1 is 1.12 bits per heavy atom. The lowest BCUT2D eigenvalue weighted by Gasteiger charge is -2.14. The number of aromatic nitrogens is 2. The molecule has 0 bridgehead atoms. The Hall–Kier alpha value is -4.02. The molecule has 0 aliphatic carbocycles. The van der Waals surface area contributed by atoms with Gasteiger partial charge in [-0.2, -0.15) is 0 Å². The van der Waals surface area contributed by atoms with E-state index in [1.807, 2.05) is 0 Å². The first-order valence-electron chi connectivity index (χ1n) is 10.3. The van der Waals surface area contributed by atoms with Gasteiger partial charge in [0.1, 0.15) is 11.6 Å². The second-order valence-electron chi connectivity index (χ2n) is 7.53. The van der Waals surface area contributed by atoms with E-state index >= 15 is 0 Å².